The summed E-state index contributed by atoms with van der Waals surface area (Å²) >= 11 is 1.73. The third-order valence-electron chi connectivity index (χ3n) is 7.86. The summed E-state index contributed by atoms with van der Waals surface area (Å²) in [5, 5.41) is 16.4. The molecule has 0 radical (unpaired) electrons. The standard InChI is InChI=1S/C31H34N6OS/c1-2-22-15-16-28-24(18-22)19-27(31(38)32-28)29(30-33-34-35-37(30)25-12-7-4-8-13-25)36(21-26-14-9-17-39-26)20-23-10-5-3-6-11-23/h3,5-6,9-11,14-19,25,29H,2,4,7-8,12-13,20-21H2,1H3,(H,32,38)/t29-/m1/s1. The van der Waals surface area contributed by atoms with E-state index in [1.54, 1.807) is 11.3 Å². The number of hydrogen-bond donors (Lipinski definition) is 1. The summed E-state index contributed by atoms with van der Waals surface area (Å²) in [7, 11) is 0. The number of aryl methyl sites for hydroxylation is 1. The molecule has 200 valence electrons. The van der Waals surface area contributed by atoms with Gasteiger partial charge in [-0.3, -0.25) is 9.69 Å². The van der Waals surface area contributed by atoms with Crippen LogP contribution in [0, 0.1) is 0 Å². The zero-order valence-electron chi connectivity index (χ0n) is 22.3. The van der Waals surface area contributed by atoms with E-state index in [4.69, 9.17) is 0 Å². The lowest BCUT2D eigenvalue weighted by atomic mass is 9.95. The van der Waals surface area contributed by atoms with Crippen LogP contribution in [0.3, 0.4) is 0 Å². The van der Waals surface area contributed by atoms with Crippen molar-refractivity contribution < 1.29 is 0 Å². The van der Waals surface area contributed by atoms with Gasteiger partial charge in [0.05, 0.1) is 6.04 Å². The Morgan fingerprint density at radius 2 is 1.85 bits per heavy atom. The van der Waals surface area contributed by atoms with E-state index < -0.39 is 6.04 Å². The van der Waals surface area contributed by atoms with Gasteiger partial charge in [0, 0.05) is 29.0 Å². The smallest absolute Gasteiger partial charge is 0.253 e. The summed E-state index contributed by atoms with van der Waals surface area (Å²) in [5.41, 5.74) is 3.85. The molecule has 1 aliphatic carbocycles. The second kappa shape index (κ2) is 11.6. The number of rotatable bonds is 9. The van der Waals surface area contributed by atoms with Crippen LogP contribution in [0.15, 0.2) is 76.9 Å². The number of aromatic nitrogens is 5. The Kier molecular flexibility index (Phi) is 7.65. The first-order chi connectivity index (χ1) is 19.2. The minimum absolute atomic E-state index is 0.0980. The zero-order valence-corrected chi connectivity index (χ0v) is 23.1. The van der Waals surface area contributed by atoms with Gasteiger partial charge < -0.3 is 4.98 Å². The van der Waals surface area contributed by atoms with Crippen LogP contribution in [0.2, 0.25) is 0 Å². The number of tetrazole rings is 1. The monoisotopic (exact) mass is 538 g/mol. The lowest BCUT2D eigenvalue weighted by Gasteiger charge is -2.32. The molecule has 0 spiro atoms. The number of nitrogens with one attached hydrogen (secondary N) is 1. The highest BCUT2D eigenvalue weighted by Crippen LogP contribution is 2.35. The van der Waals surface area contributed by atoms with Crippen molar-refractivity contribution in [2.24, 2.45) is 0 Å². The maximum absolute atomic E-state index is 13.8. The van der Waals surface area contributed by atoms with Crippen LogP contribution >= 0.6 is 11.3 Å². The van der Waals surface area contributed by atoms with Gasteiger partial charge in [0.1, 0.15) is 6.04 Å². The van der Waals surface area contributed by atoms with E-state index in [0.717, 1.165) is 36.0 Å². The predicted molar refractivity (Wildman–Crippen MR) is 156 cm³/mol. The minimum Gasteiger partial charge on any atom is -0.322 e. The maximum Gasteiger partial charge on any atom is 0.253 e. The lowest BCUT2D eigenvalue weighted by molar-refractivity contribution is 0.188. The molecule has 0 unspecified atom stereocenters. The largest absolute Gasteiger partial charge is 0.322 e. The van der Waals surface area contributed by atoms with Crippen LogP contribution in [-0.4, -0.2) is 30.1 Å². The quantitative estimate of drug-likeness (QED) is 0.234. The molecular formula is C31H34N6OS. The summed E-state index contributed by atoms with van der Waals surface area (Å²) in [6, 6.07) is 22.8. The first kappa shape index (κ1) is 25.6. The predicted octanol–water partition coefficient (Wildman–Crippen LogP) is 6.44. The molecule has 39 heavy (non-hydrogen) atoms. The van der Waals surface area contributed by atoms with Crippen LogP contribution in [0.4, 0.5) is 0 Å². The van der Waals surface area contributed by atoms with Crippen molar-refractivity contribution >= 4 is 22.2 Å². The lowest BCUT2D eigenvalue weighted by Crippen LogP contribution is -2.35. The van der Waals surface area contributed by atoms with Gasteiger partial charge in [-0.15, -0.1) is 16.4 Å². The molecular weight excluding hydrogens is 504 g/mol. The number of fused-ring (bicyclic) bond motifs is 1. The van der Waals surface area contributed by atoms with Crippen LogP contribution in [0.25, 0.3) is 10.9 Å². The Hall–Kier alpha value is -3.62. The Labute approximate surface area is 232 Å². The van der Waals surface area contributed by atoms with E-state index in [9.17, 15) is 4.79 Å². The molecule has 1 aliphatic rings. The maximum atomic E-state index is 13.8. The fourth-order valence-corrected chi connectivity index (χ4v) is 6.55. The third-order valence-corrected chi connectivity index (χ3v) is 8.72. The number of hydrogen-bond acceptors (Lipinski definition) is 6. The molecule has 1 fully saturated rings. The van der Waals surface area contributed by atoms with Crippen LogP contribution in [0.5, 0.6) is 0 Å². The van der Waals surface area contributed by atoms with E-state index in [-0.39, 0.29) is 11.6 Å². The van der Waals surface area contributed by atoms with Crippen molar-refractivity contribution in [3.8, 4) is 0 Å². The van der Waals surface area contributed by atoms with E-state index in [0.29, 0.717) is 18.7 Å². The Balaban J connectivity index is 1.53. The van der Waals surface area contributed by atoms with Crippen LogP contribution in [-0.2, 0) is 19.5 Å². The van der Waals surface area contributed by atoms with Crippen molar-refractivity contribution in [3.63, 3.8) is 0 Å². The highest BCUT2D eigenvalue weighted by molar-refractivity contribution is 7.09. The van der Waals surface area contributed by atoms with Gasteiger partial charge >= 0.3 is 0 Å². The van der Waals surface area contributed by atoms with E-state index in [2.05, 4.69) is 92.3 Å². The fraction of sp³-hybridized carbons (Fsp3) is 0.355. The number of nitrogens with zero attached hydrogens (tertiary/aromatic N) is 5. The summed E-state index contributed by atoms with van der Waals surface area (Å²) in [5.74, 6) is 0.742. The minimum atomic E-state index is -0.414. The first-order valence-corrected chi connectivity index (χ1v) is 14.8. The van der Waals surface area contributed by atoms with Gasteiger partial charge in [0.2, 0.25) is 0 Å². The molecule has 2 aromatic carbocycles. The normalized spacial score (nSPS) is 15.2. The molecule has 0 aliphatic heterocycles. The zero-order chi connectivity index (χ0) is 26.6. The molecule has 1 atom stereocenters. The third kappa shape index (κ3) is 5.58. The van der Waals surface area contributed by atoms with Gasteiger partial charge in [-0.2, -0.15) is 0 Å². The van der Waals surface area contributed by atoms with Gasteiger partial charge in [-0.05, 0) is 75.8 Å². The molecule has 0 amide bonds. The summed E-state index contributed by atoms with van der Waals surface area (Å²) < 4.78 is 2.02. The van der Waals surface area contributed by atoms with Crippen molar-refractivity contribution in [1.82, 2.24) is 30.1 Å². The second-order valence-electron chi connectivity index (χ2n) is 10.5. The van der Waals surface area contributed by atoms with Gasteiger partial charge in [-0.1, -0.05) is 68.7 Å². The molecule has 0 bridgehead atoms. The van der Waals surface area contributed by atoms with Gasteiger partial charge in [0.25, 0.3) is 5.56 Å². The fourth-order valence-electron chi connectivity index (χ4n) is 5.82. The topological polar surface area (TPSA) is 79.7 Å². The molecule has 1 N–H and O–H groups in total. The Morgan fingerprint density at radius 1 is 1.00 bits per heavy atom. The summed E-state index contributed by atoms with van der Waals surface area (Å²) in [4.78, 5) is 20.6. The van der Waals surface area contributed by atoms with Crippen molar-refractivity contribution in [1.29, 1.82) is 0 Å². The second-order valence-corrected chi connectivity index (χ2v) is 11.5. The van der Waals surface area contributed by atoms with E-state index in [1.165, 1.54) is 35.3 Å². The molecule has 0 saturated heterocycles. The van der Waals surface area contributed by atoms with E-state index >= 15 is 0 Å². The molecule has 3 aromatic heterocycles. The molecule has 7 nitrogen and oxygen atoms in total. The number of thiophene rings is 1. The van der Waals surface area contributed by atoms with Crippen LogP contribution in [0.1, 0.15) is 78.5 Å². The Bertz CT molecular complexity index is 1570. The summed E-state index contributed by atoms with van der Waals surface area (Å²) in [6.45, 7) is 3.49. The Morgan fingerprint density at radius 3 is 2.62 bits per heavy atom. The summed E-state index contributed by atoms with van der Waals surface area (Å²) in [6.07, 6.45) is 6.65. The number of pyridine rings is 1. The number of aromatic amines is 1. The number of benzene rings is 2. The molecule has 5 aromatic rings. The highest BCUT2D eigenvalue weighted by atomic mass is 32.1. The van der Waals surface area contributed by atoms with Crippen molar-refractivity contribution in [2.45, 2.75) is 70.6 Å². The van der Waals surface area contributed by atoms with Crippen molar-refractivity contribution in [2.75, 3.05) is 0 Å². The molecule has 1 saturated carbocycles. The first-order valence-electron chi connectivity index (χ1n) is 13.9. The SMILES string of the molecule is CCc1ccc2[nH]c(=O)c([C@H](c3nnnn3C3CCCCC3)N(Cc3ccccc3)Cc3cccs3)cc2c1. The molecule has 6 rings (SSSR count). The molecule has 8 heteroatoms. The number of H-pyrrole nitrogens is 1. The van der Waals surface area contributed by atoms with Crippen molar-refractivity contribution in [3.05, 3.63) is 110 Å². The molecule has 3 heterocycles. The average Bonchev–Trinajstić information content (AvgIpc) is 3.67. The van der Waals surface area contributed by atoms with Gasteiger partial charge in [-0.25, -0.2) is 4.68 Å². The highest BCUT2D eigenvalue weighted by Gasteiger charge is 2.33. The van der Waals surface area contributed by atoms with Crippen LogP contribution < -0.4 is 5.56 Å². The average molecular weight is 539 g/mol. The van der Waals surface area contributed by atoms with Gasteiger partial charge in [0.15, 0.2) is 5.82 Å². The van der Waals surface area contributed by atoms with E-state index in [1.807, 2.05) is 16.8 Å².